The monoisotopic (exact) mass is 470 g/mol. The van der Waals surface area contributed by atoms with Gasteiger partial charge in [0.2, 0.25) is 0 Å². The summed E-state index contributed by atoms with van der Waals surface area (Å²) in [6.45, 7) is 0. The van der Waals surface area contributed by atoms with Crippen molar-refractivity contribution >= 4 is 55.4 Å². The van der Waals surface area contributed by atoms with E-state index in [0.717, 1.165) is 43.3 Å². The molecule has 2 amide bonds. The molecule has 2 aromatic rings. The van der Waals surface area contributed by atoms with Crippen LogP contribution in [0.1, 0.15) is 40.9 Å². The molecule has 0 unspecified atom stereocenters. The van der Waals surface area contributed by atoms with Crippen molar-refractivity contribution in [2.75, 3.05) is 11.6 Å². The van der Waals surface area contributed by atoms with Crippen LogP contribution in [0.25, 0.3) is 0 Å². The van der Waals surface area contributed by atoms with Crippen LogP contribution in [0.2, 0.25) is 5.02 Å². The van der Waals surface area contributed by atoms with Crippen LogP contribution in [0.4, 0.5) is 5.13 Å². The summed E-state index contributed by atoms with van der Waals surface area (Å²) in [5.41, 5.74) is 5.38. The maximum Gasteiger partial charge on any atom is 0.280 e. The highest BCUT2D eigenvalue weighted by atomic mass is 35.5. The smallest absolute Gasteiger partial charge is 0.280 e. The van der Waals surface area contributed by atoms with Crippen LogP contribution in [0.15, 0.2) is 34.4 Å². The number of halogens is 1. The average molecular weight is 471 g/mol. The standard InChI is InChI=1S/C18H19ClN4O5S2/c1-30(26,27)14-7-6-10(8-12(14)19)15(23-28-11-4-2-3-5-11)17(25)22-18-21-9-13(29-18)16(20)24/h6-9,11H,2-5H2,1H3,(H2,20,24)(H,21,22,25)/b23-15+. The van der Waals surface area contributed by atoms with Crippen molar-refractivity contribution in [1.29, 1.82) is 0 Å². The Morgan fingerprint density at radius 3 is 2.60 bits per heavy atom. The van der Waals surface area contributed by atoms with Crippen molar-refractivity contribution in [3.05, 3.63) is 39.9 Å². The number of rotatable bonds is 7. The molecule has 3 rings (SSSR count). The number of hydrogen-bond acceptors (Lipinski definition) is 8. The maximum absolute atomic E-state index is 12.9. The molecule has 160 valence electrons. The lowest BCUT2D eigenvalue weighted by atomic mass is 10.1. The summed E-state index contributed by atoms with van der Waals surface area (Å²) in [7, 11) is -3.53. The van der Waals surface area contributed by atoms with Gasteiger partial charge in [0, 0.05) is 11.8 Å². The van der Waals surface area contributed by atoms with Gasteiger partial charge in [0.25, 0.3) is 11.8 Å². The van der Waals surface area contributed by atoms with Crippen LogP contribution in [0.5, 0.6) is 0 Å². The summed E-state index contributed by atoms with van der Waals surface area (Å²) in [5.74, 6) is -1.31. The van der Waals surface area contributed by atoms with Crippen LogP contribution in [-0.2, 0) is 19.5 Å². The summed E-state index contributed by atoms with van der Waals surface area (Å²) < 4.78 is 23.6. The number of anilines is 1. The van der Waals surface area contributed by atoms with E-state index in [0.29, 0.717) is 0 Å². The Kier molecular flexibility index (Phi) is 6.74. The highest BCUT2D eigenvalue weighted by molar-refractivity contribution is 7.90. The first kappa shape index (κ1) is 22.2. The third-order valence-electron chi connectivity index (χ3n) is 4.38. The average Bonchev–Trinajstić information content (AvgIpc) is 3.33. The van der Waals surface area contributed by atoms with Crippen molar-refractivity contribution in [3.63, 3.8) is 0 Å². The van der Waals surface area contributed by atoms with Gasteiger partial charge in [-0.1, -0.05) is 34.2 Å². The number of nitrogens with one attached hydrogen (secondary N) is 1. The second-order valence-corrected chi connectivity index (χ2v) is 10.1. The van der Waals surface area contributed by atoms with Gasteiger partial charge in [-0.3, -0.25) is 14.9 Å². The molecule has 0 aliphatic heterocycles. The number of nitrogens with zero attached hydrogens (tertiary/aromatic N) is 2. The lowest BCUT2D eigenvalue weighted by molar-refractivity contribution is -0.110. The van der Waals surface area contributed by atoms with Crippen LogP contribution in [0.3, 0.4) is 0 Å². The first-order valence-electron chi connectivity index (χ1n) is 8.96. The van der Waals surface area contributed by atoms with Gasteiger partial charge >= 0.3 is 0 Å². The highest BCUT2D eigenvalue weighted by Crippen LogP contribution is 2.25. The number of primary amides is 1. The second-order valence-electron chi connectivity index (χ2n) is 6.72. The predicted octanol–water partition coefficient (Wildman–Crippen LogP) is 2.60. The number of thiazole rings is 1. The molecule has 30 heavy (non-hydrogen) atoms. The lowest BCUT2D eigenvalue weighted by Gasteiger charge is -2.11. The molecule has 0 bridgehead atoms. The molecule has 0 atom stereocenters. The number of carbonyl (C=O) groups excluding carboxylic acids is 2. The van der Waals surface area contributed by atoms with E-state index in [1.165, 1.54) is 24.4 Å². The van der Waals surface area contributed by atoms with Gasteiger partial charge in [-0.15, -0.1) is 0 Å². The van der Waals surface area contributed by atoms with Crippen molar-refractivity contribution in [1.82, 2.24) is 4.98 Å². The van der Waals surface area contributed by atoms with Gasteiger partial charge < -0.3 is 10.6 Å². The van der Waals surface area contributed by atoms with Gasteiger partial charge in [0.05, 0.1) is 16.1 Å². The molecule has 3 N–H and O–H groups in total. The Balaban J connectivity index is 1.91. The van der Waals surface area contributed by atoms with Crippen molar-refractivity contribution < 1.29 is 22.8 Å². The Bertz CT molecular complexity index is 1110. The number of carbonyl (C=O) groups is 2. The zero-order valence-electron chi connectivity index (χ0n) is 15.9. The molecule has 1 aliphatic rings. The van der Waals surface area contributed by atoms with Crippen LogP contribution in [-0.4, -0.2) is 43.3 Å². The lowest BCUT2D eigenvalue weighted by Crippen LogP contribution is -2.25. The summed E-state index contributed by atoms with van der Waals surface area (Å²) in [5, 5.41) is 6.69. The first-order valence-corrected chi connectivity index (χ1v) is 12.0. The number of amides is 2. The zero-order valence-corrected chi connectivity index (χ0v) is 18.3. The molecule has 1 heterocycles. The maximum atomic E-state index is 12.9. The molecule has 0 radical (unpaired) electrons. The van der Waals surface area contributed by atoms with Gasteiger partial charge in [0.15, 0.2) is 20.7 Å². The molecule has 9 nitrogen and oxygen atoms in total. The van der Waals surface area contributed by atoms with Gasteiger partial charge in [-0.25, -0.2) is 13.4 Å². The Hall–Kier alpha value is -2.50. The normalized spacial score (nSPS) is 15.2. The quantitative estimate of drug-likeness (QED) is 0.470. The molecule has 0 saturated heterocycles. The number of benzene rings is 1. The Morgan fingerprint density at radius 2 is 2.03 bits per heavy atom. The molecule has 0 spiro atoms. The van der Waals surface area contributed by atoms with E-state index < -0.39 is 21.7 Å². The van der Waals surface area contributed by atoms with E-state index in [1.807, 2.05) is 0 Å². The fourth-order valence-electron chi connectivity index (χ4n) is 2.90. The van der Waals surface area contributed by atoms with E-state index in [2.05, 4.69) is 15.5 Å². The van der Waals surface area contributed by atoms with E-state index in [1.54, 1.807) is 0 Å². The van der Waals surface area contributed by atoms with Gasteiger partial charge in [0.1, 0.15) is 11.0 Å². The van der Waals surface area contributed by atoms with Crippen LogP contribution >= 0.6 is 22.9 Å². The fraction of sp³-hybridized carbons (Fsp3) is 0.333. The first-order chi connectivity index (χ1) is 14.1. The predicted molar refractivity (Wildman–Crippen MR) is 114 cm³/mol. The van der Waals surface area contributed by atoms with E-state index >= 15 is 0 Å². The minimum Gasteiger partial charge on any atom is -0.392 e. The Morgan fingerprint density at radius 1 is 1.33 bits per heavy atom. The minimum atomic E-state index is -3.53. The van der Waals surface area contributed by atoms with E-state index in [4.69, 9.17) is 22.2 Å². The van der Waals surface area contributed by atoms with E-state index in [-0.39, 0.29) is 37.3 Å². The number of nitrogens with two attached hydrogens (primary N) is 1. The topological polar surface area (TPSA) is 141 Å². The molecule has 1 aliphatic carbocycles. The number of aromatic nitrogens is 1. The summed E-state index contributed by atoms with van der Waals surface area (Å²) in [4.78, 5) is 33.7. The summed E-state index contributed by atoms with van der Waals surface area (Å²) in [6, 6.07) is 4.07. The molecular weight excluding hydrogens is 452 g/mol. The number of hydrogen-bond donors (Lipinski definition) is 2. The second kappa shape index (κ2) is 9.11. The highest BCUT2D eigenvalue weighted by Gasteiger charge is 2.22. The summed E-state index contributed by atoms with van der Waals surface area (Å²) >= 11 is 7.04. The number of sulfone groups is 1. The van der Waals surface area contributed by atoms with Crippen LogP contribution < -0.4 is 11.1 Å². The molecule has 12 heteroatoms. The van der Waals surface area contributed by atoms with Crippen LogP contribution in [0, 0.1) is 0 Å². The van der Waals surface area contributed by atoms with Crippen molar-refractivity contribution in [2.24, 2.45) is 10.9 Å². The molecule has 1 saturated carbocycles. The molecule has 1 aromatic heterocycles. The largest absolute Gasteiger partial charge is 0.392 e. The third-order valence-corrected chi connectivity index (χ3v) is 6.89. The fourth-order valence-corrected chi connectivity index (χ4v) is 4.89. The van der Waals surface area contributed by atoms with Crippen molar-refractivity contribution in [3.8, 4) is 0 Å². The van der Waals surface area contributed by atoms with Gasteiger partial charge in [-0.2, -0.15) is 0 Å². The van der Waals surface area contributed by atoms with E-state index in [9.17, 15) is 18.0 Å². The minimum absolute atomic E-state index is 0.0402. The molecule has 1 aromatic carbocycles. The molecule has 1 fully saturated rings. The SMILES string of the molecule is CS(=O)(=O)c1ccc(/C(=N\OC2CCCC2)C(=O)Nc2ncc(C(N)=O)s2)cc1Cl. The third kappa shape index (κ3) is 5.35. The number of oxime groups is 1. The summed E-state index contributed by atoms with van der Waals surface area (Å²) in [6.07, 6.45) is 5.90. The van der Waals surface area contributed by atoms with Crippen molar-refractivity contribution in [2.45, 2.75) is 36.7 Å². The Labute approximate surface area is 182 Å². The zero-order chi connectivity index (χ0) is 21.9. The molecular formula is C18H19ClN4O5S2. The van der Waals surface area contributed by atoms with Gasteiger partial charge in [-0.05, 0) is 37.8 Å².